The number of nitro groups is 1. The van der Waals surface area contributed by atoms with Crippen molar-refractivity contribution in [2.75, 3.05) is 69.3 Å². The number of anilines is 2. The molecule has 320 valence electrons. The first-order valence-electron chi connectivity index (χ1n) is 20.0. The van der Waals surface area contributed by atoms with Crippen LogP contribution in [0.4, 0.5) is 17.1 Å². The Morgan fingerprint density at radius 1 is 0.885 bits per heavy atom. The summed E-state index contributed by atoms with van der Waals surface area (Å²) in [6.45, 7) is 4.79. The van der Waals surface area contributed by atoms with Gasteiger partial charge in [0.05, 0.1) is 16.4 Å². The number of hydrogen-bond acceptors (Lipinski definition) is 11. The van der Waals surface area contributed by atoms with Crippen LogP contribution in [0.1, 0.15) is 28.8 Å². The van der Waals surface area contributed by atoms with E-state index < -0.39 is 31.4 Å². The predicted octanol–water partition coefficient (Wildman–Crippen LogP) is 7.39. The van der Waals surface area contributed by atoms with Gasteiger partial charge in [-0.3, -0.25) is 24.6 Å². The number of carbonyl (C=O) groups is 2. The maximum absolute atomic E-state index is 13.4. The number of halogens is 1. The molecule has 1 aliphatic rings. The molecule has 0 spiro atoms. The van der Waals surface area contributed by atoms with Gasteiger partial charge in [-0.05, 0) is 96.7 Å². The molecule has 1 aliphatic heterocycles. The average molecular weight is 885 g/mol. The Morgan fingerprint density at radius 3 is 2.26 bits per heavy atom. The number of benzene rings is 5. The minimum atomic E-state index is -4.47. The van der Waals surface area contributed by atoms with Gasteiger partial charge >= 0.3 is 0 Å². The van der Waals surface area contributed by atoms with Crippen molar-refractivity contribution in [3.63, 3.8) is 0 Å². The van der Waals surface area contributed by atoms with E-state index in [4.69, 9.17) is 11.6 Å². The fraction of sp³-hybridized carbons (Fsp3) is 0.289. The Balaban J connectivity index is 1.05. The molecular formula is C45H50ClN7O6S2. The fourth-order valence-corrected chi connectivity index (χ4v) is 9.06. The van der Waals surface area contributed by atoms with Crippen molar-refractivity contribution < 1.29 is 22.9 Å². The monoisotopic (exact) mass is 883 g/mol. The van der Waals surface area contributed by atoms with Gasteiger partial charge in [-0.1, -0.05) is 66.2 Å². The zero-order valence-electron chi connectivity index (χ0n) is 34.1. The van der Waals surface area contributed by atoms with Gasteiger partial charge in [-0.2, -0.15) is 0 Å². The number of thioether (sulfide) groups is 1. The minimum absolute atomic E-state index is 0.0419. The van der Waals surface area contributed by atoms with Crippen LogP contribution in [0.2, 0.25) is 5.02 Å². The molecule has 0 unspecified atom stereocenters. The number of rotatable bonds is 19. The Kier molecular flexibility index (Phi) is 15.8. The van der Waals surface area contributed by atoms with E-state index in [0.717, 1.165) is 54.9 Å². The van der Waals surface area contributed by atoms with Crippen molar-refractivity contribution in [3.05, 3.63) is 148 Å². The van der Waals surface area contributed by atoms with Crippen molar-refractivity contribution in [1.29, 1.82) is 0 Å². The number of sulfonamides is 1. The Hall–Kier alpha value is -5.45. The van der Waals surface area contributed by atoms with Crippen LogP contribution >= 0.6 is 23.4 Å². The summed E-state index contributed by atoms with van der Waals surface area (Å²) in [5.74, 6) is -0.316. The van der Waals surface area contributed by atoms with E-state index >= 15 is 0 Å². The molecule has 0 aliphatic carbocycles. The molecule has 0 aromatic heterocycles. The van der Waals surface area contributed by atoms with Crippen molar-refractivity contribution in [2.45, 2.75) is 35.2 Å². The zero-order valence-corrected chi connectivity index (χ0v) is 36.5. The van der Waals surface area contributed by atoms with Gasteiger partial charge in [0.15, 0.2) is 0 Å². The second kappa shape index (κ2) is 21.4. The van der Waals surface area contributed by atoms with E-state index in [0.29, 0.717) is 30.2 Å². The highest BCUT2D eigenvalue weighted by molar-refractivity contribution is 7.99. The van der Waals surface area contributed by atoms with Gasteiger partial charge in [0.1, 0.15) is 5.69 Å². The number of piperazine rings is 1. The number of hydrogen-bond donors (Lipinski definition) is 3. The van der Waals surface area contributed by atoms with Crippen LogP contribution in [0.15, 0.2) is 131 Å². The van der Waals surface area contributed by atoms with Crippen LogP contribution in [0.3, 0.4) is 0 Å². The molecule has 5 aromatic rings. The number of carbonyl (C=O) groups excluding carboxylic acids is 2. The summed E-state index contributed by atoms with van der Waals surface area (Å²) >= 11 is 7.71. The van der Waals surface area contributed by atoms with Gasteiger partial charge < -0.3 is 20.4 Å². The Morgan fingerprint density at radius 2 is 1.57 bits per heavy atom. The molecule has 13 nitrogen and oxygen atoms in total. The van der Waals surface area contributed by atoms with Crippen molar-refractivity contribution >= 4 is 62.3 Å². The molecule has 2 amide bonds. The minimum Gasteiger partial charge on any atom is -0.376 e. The molecule has 16 heteroatoms. The molecule has 3 N–H and O–H groups in total. The summed E-state index contributed by atoms with van der Waals surface area (Å²) in [5, 5.41) is 19.4. The van der Waals surface area contributed by atoms with Crippen molar-refractivity contribution in [2.24, 2.45) is 0 Å². The van der Waals surface area contributed by atoms with E-state index in [9.17, 15) is 28.1 Å². The maximum Gasteiger partial charge on any atom is 0.293 e. The second-order valence-electron chi connectivity index (χ2n) is 14.9. The summed E-state index contributed by atoms with van der Waals surface area (Å²) < 4.78 is 29.0. The van der Waals surface area contributed by atoms with E-state index in [-0.39, 0.29) is 29.7 Å². The standard InChI is InChI=1S/C45H50ClN7O6S2/c1-50(2)44(54)30-47-24-8-10-37(32-60-39-11-4-3-5-12-39)48-42-23-22-40(29-43(42)53(56)57)61(58,59)49-45(55)34-16-20-38(21-17-34)52-27-25-51(26-28-52)31-35-9-6-7-13-41(35)33-14-18-36(46)19-15-33/h3-7,9,11-23,29,37,47-48H,8,10,24-28,30-32H2,1-2H3,(H,49,55)/t37-/m1/s1. The summed E-state index contributed by atoms with van der Waals surface area (Å²) in [5.41, 5.74) is 4.30. The highest BCUT2D eigenvalue weighted by Crippen LogP contribution is 2.31. The normalized spacial score (nSPS) is 13.7. The van der Waals surface area contributed by atoms with Gasteiger partial charge in [-0.25, -0.2) is 13.1 Å². The van der Waals surface area contributed by atoms with Gasteiger partial charge in [0.25, 0.3) is 21.6 Å². The third-order valence-electron chi connectivity index (χ3n) is 10.4. The third kappa shape index (κ3) is 12.8. The lowest BCUT2D eigenvalue weighted by atomic mass is 9.99. The third-order valence-corrected chi connectivity index (χ3v) is 13.1. The lowest BCUT2D eigenvalue weighted by Crippen LogP contribution is -2.46. The topological polar surface area (TPSA) is 157 Å². The molecule has 0 radical (unpaired) electrons. The quantitative estimate of drug-likeness (QED) is 0.0329. The molecule has 61 heavy (non-hydrogen) atoms. The molecule has 1 fully saturated rings. The first-order chi connectivity index (χ1) is 29.4. The average Bonchev–Trinajstić information content (AvgIpc) is 3.26. The second-order valence-corrected chi connectivity index (χ2v) is 18.1. The first-order valence-corrected chi connectivity index (χ1v) is 22.8. The van der Waals surface area contributed by atoms with E-state index in [2.05, 4.69) is 43.4 Å². The highest BCUT2D eigenvalue weighted by atomic mass is 35.5. The highest BCUT2D eigenvalue weighted by Gasteiger charge is 2.26. The van der Waals surface area contributed by atoms with Crippen LogP contribution in [0, 0.1) is 10.1 Å². The summed E-state index contributed by atoms with van der Waals surface area (Å²) in [6, 6.07) is 36.1. The zero-order chi connectivity index (χ0) is 43.4. The SMILES string of the molecule is CN(C)C(=O)CNCCC[C@H](CSc1ccccc1)Nc1ccc(S(=O)(=O)NC(=O)c2ccc(N3CCN(Cc4ccccc4-c4ccc(Cl)cc4)CC3)cc2)cc1[N+](=O)[O-]. The molecule has 0 saturated carbocycles. The lowest BCUT2D eigenvalue weighted by molar-refractivity contribution is -0.384. The van der Waals surface area contributed by atoms with Crippen LogP contribution in [0.25, 0.3) is 11.1 Å². The van der Waals surface area contributed by atoms with Gasteiger partial charge in [-0.15, -0.1) is 11.8 Å². The van der Waals surface area contributed by atoms with Crippen molar-refractivity contribution in [3.8, 4) is 11.1 Å². The number of nitrogens with one attached hydrogen (secondary N) is 3. The molecule has 5 aromatic carbocycles. The number of amides is 2. The van der Waals surface area contributed by atoms with E-state index in [1.54, 1.807) is 50.1 Å². The largest absolute Gasteiger partial charge is 0.376 e. The van der Waals surface area contributed by atoms with E-state index in [1.165, 1.54) is 28.2 Å². The number of likely N-dealkylation sites (N-methyl/N-ethyl adjacent to an activating group) is 1. The van der Waals surface area contributed by atoms with Crippen LogP contribution < -0.4 is 20.3 Å². The van der Waals surface area contributed by atoms with Gasteiger partial charge in [0.2, 0.25) is 5.91 Å². The molecule has 1 atom stereocenters. The summed E-state index contributed by atoms with van der Waals surface area (Å²) in [6.07, 6.45) is 1.30. The first kappa shape index (κ1) is 45.1. The molecule has 1 heterocycles. The van der Waals surface area contributed by atoms with Gasteiger partial charge in [0, 0.05) is 85.8 Å². The summed E-state index contributed by atoms with van der Waals surface area (Å²) in [7, 11) is -1.09. The fourth-order valence-electron chi connectivity index (χ4n) is 6.95. The van der Waals surface area contributed by atoms with E-state index in [1.807, 2.05) is 60.7 Å². The van der Waals surface area contributed by atoms with Crippen LogP contribution in [-0.2, 0) is 21.4 Å². The smallest absolute Gasteiger partial charge is 0.293 e. The molecule has 0 bridgehead atoms. The maximum atomic E-state index is 13.4. The lowest BCUT2D eigenvalue weighted by Gasteiger charge is -2.36. The number of nitro benzene ring substituents is 1. The van der Waals surface area contributed by atoms with Crippen LogP contribution in [-0.4, -0.2) is 100 Å². The predicted molar refractivity (Wildman–Crippen MR) is 244 cm³/mol. The summed E-state index contributed by atoms with van der Waals surface area (Å²) in [4.78, 5) is 43.6. The van der Waals surface area contributed by atoms with Crippen molar-refractivity contribution in [1.82, 2.24) is 19.8 Å². The number of nitrogens with zero attached hydrogens (tertiary/aromatic N) is 4. The molecular weight excluding hydrogens is 834 g/mol. The van der Waals surface area contributed by atoms with Crippen LogP contribution in [0.5, 0.6) is 0 Å². The Bertz CT molecular complexity index is 2380. The Labute approximate surface area is 366 Å². The molecule has 6 rings (SSSR count). The molecule has 1 saturated heterocycles.